The van der Waals surface area contributed by atoms with E-state index in [0.717, 1.165) is 30.8 Å². The van der Waals surface area contributed by atoms with Crippen LogP contribution in [0.2, 0.25) is 5.02 Å². The molecule has 0 aliphatic carbocycles. The van der Waals surface area contributed by atoms with Gasteiger partial charge in [0.1, 0.15) is 6.04 Å². The van der Waals surface area contributed by atoms with Crippen LogP contribution in [0.25, 0.3) is 0 Å². The summed E-state index contributed by atoms with van der Waals surface area (Å²) in [5, 5.41) is 3.47. The Morgan fingerprint density at radius 1 is 1.23 bits per heavy atom. The third-order valence-electron chi connectivity index (χ3n) is 3.57. The van der Waals surface area contributed by atoms with Crippen LogP contribution in [0.1, 0.15) is 26.2 Å². The highest BCUT2D eigenvalue weighted by atomic mass is 35.5. The first-order valence-corrected chi connectivity index (χ1v) is 8.87. The quantitative estimate of drug-likeness (QED) is 0.838. The van der Waals surface area contributed by atoms with Gasteiger partial charge in [-0.05, 0) is 43.5 Å². The molecule has 22 heavy (non-hydrogen) atoms. The van der Waals surface area contributed by atoms with Crippen LogP contribution in [0.15, 0.2) is 29.2 Å². The van der Waals surface area contributed by atoms with Crippen molar-refractivity contribution in [3.63, 3.8) is 0 Å². The van der Waals surface area contributed by atoms with Crippen molar-refractivity contribution >= 4 is 35.2 Å². The van der Waals surface area contributed by atoms with Gasteiger partial charge in [0.25, 0.3) is 0 Å². The summed E-state index contributed by atoms with van der Waals surface area (Å²) in [6.07, 6.45) is 3.26. The first-order chi connectivity index (χ1) is 10.6. The second-order valence-corrected chi connectivity index (χ2v) is 6.93. The maximum absolute atomic E-state index is 12.6. The van der Waals surface area contributed by atoms with E-state index in [1.807, 2.05) is 29.2 Å². The SMILES string of the molecule is CC(=O)NC(CSc1ccc(Cl)cc1)C(=O)N1CCCCC1. The van der Waals surface area contributed by atoms with Crippen LogP contribution in [0.4, 0.5) is 0 Å². The van der Waals surface area contributed by atoms with E-state index >= 15 is 0 Å². The molecule has 1 aromatic carbocycles. The van der Waals surface area contributed by atoms with Gasteiger partial charge in [0.05, 0.1) is 0 Å². The Morgan fingerprint density at radius 2 is 1.86 bits per heavy atom. The molecule has 1 heterocycles. The van der Waals surface area contributed by atoms with Crippen LogP contribution < -0.4 is 5.32 Å². The molecule has 1 unspecified atom stereocenters. The molecule has 0 radical (unpaired) electrons. The predicted octanol–water partition coefficient (Wildman–Crippen LogP) is 2.95. The van der Waals surface area contributed by atoms with Crippen molar-refractivity contribution in [2.45, 2.75) is 37.1 Å². The van der Waals surface area contributed by atoms with Crippen LogP contribution in [0, 0.1) is 0 Å². The topological polar surface area (TPSA) is 49.4 Å². The normalized spacial score (nSPS) is 16.2. The number of amides is 2. The van der Waals surface area contributed by atoms with E-state index < -0.39 is 6.04 Å². The van der Waals surface area contributed by atoms with Crippen molar-refractivity contribution in [1.82, 2.24) is 10.2 Å². The zero-order valence-corrected chi connectivity index (χ0v) is 14.3. The number of piperidine rings is 1. The lowest BCUT2D eigenvalue weighted by Gasteiger charge is -2.30. The van der Waals surface area contributed by atoms with E-state index in [0.29, 0.717) is 10.8 Å². The number of nitrogens with one attached hydrogen (secondary N) is 1. The van der Waals surface area contributed by atoms with Gasteiger partial charge in [0, 0.05) is 35.7 Å². The molecule has 1 aliphatic heterocycles. The average molecular weight is 341 g/mol. The van der Waals surface area contributed by atoms with Crippen LogP contribution >= 0.6 is 23.4 Å². The lowest BCUT2D eigenvalue weighted by Crippen LogP contribution is -2.50. The average Bonchev–Trinajstić information content (AvgIpc) is 2.53. The van der Waals surface area contributed by atoms with Crippen LogP contribution in [0.3, 0.4) is 0 Å². The molecule has 120 valence electrons. The van der Waals surface area contributed by atoms with Crippen molar-refractivity contribution in [2.75, 3.05) is 18.8 Å². The zero-order valence-electron chi connectivity index (χ0n) is 12.7. The number of likely N-dealkylation sites (tertiary alicyclic amines) is 1. The maximum Gasteiger partial charge on any atom is 0.246 e. The van der Waals surface area contributed by atoms with E-state index in [4.69, 9.17) is 11.6 Å². The standard InChI is InChI=1S/C16H21ClN2O2S/c1-12(20)18-15(16(21)19-9-3-2-4-10-19)11-22-14-7-5-13(17)6-8-14/h5-8,15H,2-4,9-11H2,1H3,(H,18,20). The minimum atomic E-state index is -0.476. The van der Waals surface area contributed by atoms with Crippen LogP contribution in [0.5, 0.6) is 0 Å². The van der Waals surface area contributed by atoms with Crippen LogP contribution in [-0.2, 0) is 9.59 Å². The summed E-state index contributed by atoms with van der Waals surface area (Å²) in [7, 11) is 0. The number of nitrogens with zero attached hydrogens (tertiary/aromatic N) is 1. The number of hydrogen-bond donors (Lipinski definition) is 1. The number of carbonyl (C=O) groups is 2. The molecule has 0 aromatic heterocycles. The van der Waals surface area contributed by atoms with Gasteiger partial charge in [-0.3, -0.25) is 9.59 Å². The highest BCUT2D eigenvalue weighted by Gasteiger charge is 2.26. The van der Waals surface area contributed by atoms with E-state index in [1.54, 1.807) is 11.8 Å². The highest BCUT2D eigenvalue weighted by Crippen LogP contribution is 2.22. The Kier molecular flexibility index (Phi) is 6.58. The lowest BCUT2D eigenvalue weighted by molar-refractivity contribution is -0.136. The number of benzene rings is 1. The third kappa shape index (κ3) is 5.21. The van der Waals surface area contributed by atoms with Crippen molar-refractivity contribution in [2.24, 2.45) is 0 Å². The fourth-order valence-electron chi connectivity index (χ4n) is 2.47. The molecule has 0 saturated carbocycles. The number of thioether (sulfide) groups is 1. The van der Waals surface area contributed by atoms with Crippen molar-refractivity contribution < 1.29 is 9.59 Å². The van der Waals surface area contributed by atoms with Gasteiger partial charge in [-0.25, -0.2) is 0 Å². The number of carbonyl (C=O) groups excluding carboxylic acids is 2. The number of rotatable bonds is 5. The summed E-state index contributed by atoms with van der Waals surface area (Å²) in [6, 6.07) is 7.01. The Bertz CT molecular complexity index is 515. The van der Waals surface area contributed by atoms with E-state index in [1.165, 1.54) is 13.3 Å². The predicted molar refractivity (Wildman–Crippen MR) is 90.2 cm³/mol. The second-order valence-electron chi connectivity index (χ2n) is 5.40. The fourth-order valence-corrected chi connectivity index (χ4v) is 3.50. The smallest absolute Gasteiger partial charge is 0.246 e. The molecule has 0 spiro atoms. The third-order valence-corrected chi connectivity index (χ3v) is 4.93. The van der Waals surface area contributed by atoms with Gasteiger partial charge in [0.2, 0.25) is 11.8 Å². The molecule has 1 aromatic rings. The minimum Gasteiger partial charge on any atom is -0.344 e. The molecular formula is C16H21ClN2O2S. The van der Waals surface area contributed by atoms with Gasteiger partial charge in [0.15, 0.2) is 0 Å². The number of halogens is 1. The highest BCUT2D eigenvalue weighted by molar-refractivity contribution is 7.99. The van der Waals surface area contributed by atoms with Crippen LogP contribution in [-0.4, -0.2) is 41.6 Å². The Balaban J connectivity index is 1.97. The Hall–Kier alpha value is -1.20. The minimum absolute atomic E-state index is 0.0244. The summed E-state index contributed by atoms with van der Waals surface area (Å²) in [5.74, 6) is 0.375. The molecule has 6 heteroatoms. The second kappa shape index (κ2) is 8.44. The van der Waals surface area contributed by atoms with Gasteiger partial charge < -0.3 is 10.2 Å². The maximum atomic E-state index is 12.6. The largest absolute Gasteiger partial charge is 0.344 e. The molecule has 2 amide bonds. The fraction of sp³-hybridized carbons (Fsp3) is 0.500. The first-order valence-electron chi connectivity index (χ1n) is 7.50. The molecule has 2 rings (SSSR count). The van der Waals surface area contributed by atoms with E-state index in [-0.39, 0.29) is 11.8 Å². The Labute approximate surface area is 140 Å². The summed E-state index contributed by atoms with van der Waals surface area (Å²) in [6.45, 7) is 3.03. The summed E-state index contributed by atoms with van der Waals surface area (Å²) < 4.78 is 0. The molecule has 4 nitrogen and oxygen atoms in total. The molecule has 1 N–H and O–H groups in total. The van der Waals surface area contributed by atoms with Gasteiger partial charge in [-0.2, -0.15) is 0 Å². The Morgan fingerprint density at radius 3 is 2.45 bits per heavy atom. The molecule has 1 saturated heterocycles. The molecule has 0 bridgehead atoms. The number of hydrogen-bond acceptors (Lipinski definition) is 3. The molecular weight excluding hydrogens is 320 g/mol. The summed E-state index contributed by atoms with van der Waals surface area (Å²) in [4.78, 5) is 26.9. The van der Waals surface area contributed by atoms with Gasteiger partial charge >= 0.3 is 0 Å². The summed E-state index contributed by atoms with van der Waals surface area (Å²) in [5.41, 5.74) is 0. The molecule has 1 atom stereocenters. The van der Waals surface area contributed by atoms with Gasteiger partial charge in [-0.15, -0.1) is 11.8 Å². The van der Waals surface area contributed by atoms with Crippen molar-refractivity contribution in [3.05, 3.63) is 29.3 Å². The first kappa shape index (κ1) is 17.2. The summed E-state index contributed by atoms with van der Waals surface area (Å²) >= 11 is 7.42. The molecule has 1 fully saturated rings. The van der Waals surface area contributed by atoms with Crippen molar-refractivity contribution in [3.8, 4) is 0 Å². The van der Waals surface area contributed by atoms with Gasteiger partial charge in [-0.1, -0.05) is 11.6 Å². The van der Waals surface area contributed by atoms with Crippen molar-refractivity contribution in [1.29, 1.82) is 0 Å². The van der Waals surface area contributed by atoms with E-state index in [2.05, 4.69) is 5.32 Å². The monoisotopic (exact) mass is 340 g/mol. The molecule has 1 aliphatic rings. The lowest BCUT2D eigenvalue weighted by atomic mass is 10.1. The zero-order chi connectivity index (χ0) is 15.9. The van der Waals surface area contributed by atoms with E-state index in [9.17, 15) is 9.59 Å².